The third kappa shape index (κ3) is 16.7. The summed E-state index contributed by atoms with van der Waals surface area (Å²) in [4.78, 5) is 4.38. The van der Waals surface area contributed by atoms with Crippen LogP contribution in [0.15, 0.2) is 28.4 Å². The lowest BCUT2D eigenvalue weighted by Gasteiger charge is -2.23. The van der Waals surface area contributed by atoms with Gasteiger partial charge in [-0.2, -0.15) is 0 Å². The van der Waals surface area contributed by atoms with E-state index >= 15 is 0 Å². The minimum Gasteiger partial charge on any atom is -0.382 e. The molecule has 0 aromatic carbocycles. The van der Waals surface area contributed by atoms with E-state index in [0.717, 1.165) is 6.42 Å². The number of hydrogen-bond donors (Lipinski definition) is 1. The van der Waals surface area contributed by atoms with Crippen molar-refractivity contribution in [1.82, 2.24) is 5.32 Å². The Morgan fingerprint density at radius 3 is 1.70 bits per heavy atom. The lowest BCUT2D eigenvalue weighted by atomic mass is 9.98. The molecule has 0 rings (SSSR count). The Morgan fingerprint density at radius 2 is 1.23 bits per heavy atom. The second-order valence-electron chi connectivity index (χ2n) is 8.88. The molecule has 0 fully saturated rings. The van der Waals surface area contributed by atoms with Gasteiger partial charge in [0, 0.05) is 25.0 Å². The van der Waals surface area contributed by atoms with Gasteiger partial charge in [-0.05, 0) is 44.3 Å². The highest BCUT2D eigenvalue weighted by Gasteiger charge is 2.11. The van der Waals surface area contributed by atoms with E-state index in [-0.39, 0.29) is 0 Å². The quantitative estimate of drug-likeness (QED) is 0.112. The first-order valence-corrected chi connectivity index (χ1v) is 13.3. The van der Waals surface area contributed by atoms with Gasteiger partial charge in [0.05, 0.1) is 0 Å². The van der Waals surface area contributed by atoms with Crippen molar-refractivity contribution < 1.29 is 0 Å². The topological polar surface area (TPSA) is 24.4 Å². The van der Waals surface area contributed by atoms with Gasteiger partial charge >= 0.3 is 0 Å². The summed E-state index contributed by atoms with van der Waals surface area (Å²) in [5.74, 6) is 0. The van der Waals surface area contributed by atoms with Crippen molar-refractivity contribution >= 4 is 6.21 Å². The van der Waals surface area contributed by atoms with Crippen LogP contribution in [0.2, 0.25) is 0 Å². The third-order valence-electron chi connectivity index (χ3n) is 5.94. The second-order valence-corrected chi connectivity index (χ2v) is 8.88. The molecular weight excluding hydrogens is 364 g/mol. The summed E-state index contributed by atoms with van der Waals surface area (Å²) < 4.78 is 0. The van der Waals surface area contributed by atoms with E-state index < -0.39 is 0 Å². The summed E-state index contributed by atoms with van der Waals surface area (Å²) >= 11 is 0. The van der Waals surface area contributed by atoms with Crippen molar-refractivity contribution in [2.45, 2.75) is 143 Å². The average Bonchev–Trinajstić information content (AvgIpc) is 2.75. The summed E-state index contributed by atoms with van der Waals surface area (Å²) in [6.45, 7) is 9.00. The molecule has 2 nitrogen and oxygen atoms in total. The molecular formula is C28H54N2. The zero-order chi connectivity index (χ0) is 22.3. The summed E-state index contributed by atoms with van der Waals surface area (Å²) in [5.41, 5.74) is 2.69. The second kappa shape index (κ2) is 22.6. The summed E-state index contributed by atoms with van der Waals surface area (Å²) in [6.07, 6.45) is 29.1. The van der Waals surface area contributed by atoms with Crippen LogP contribution in [0.25, 0.3) is 0 Å². The maximum absolute atomic E-state index is 4.38. The number of nitrogens with one attached hydrogen (secondary N) is 1. The predicted molar refractivity (Wildman–Crippen MR) is 139 cm³/mol. The molecule has 0 saturated heterocycles. The number of hydrogen-bond acceptors (Lipinski definition) is 2. The standard InChI is InChI=1S/C28H54N2/c1-6-10-13-16-19-23-27(24-20-17-14-11-7-2)30-28(21-9-4)26(25-29-5)22-18-15-12-8-3/h9,21,25,27,30H,6-8,10-20,22-24H2,1-5H3/b21-9-,28-26+,29-25?. The van der Waals surface area contributed by atoms with Crippen molar-refractivity contribution in [3.8, 4) is 0 Å². The number of rotatable bonds is 21. The van der Waals surface area contributed by atoms with Gasteiger partial charge in [-0.3, -0.25) is 4.99 Å². The largest absolute Gasteiger partial charge is 0.382 e. The van der Waals surface area contributed by atoms with Crippen LogP contribution in [0.4, 0.5) is 0 Å². The van der Waals surface area contributed by atoms with Gasteiger partial charge in [-0.15, -0.1) is 0 Å². The zero-order valence-electron chi connectivity index (χ0n) is 21.3. The van der Waals surface area contributed by atoms with Crippen LogP contribution in [0.5, 0.6) is 0 Å². The maximum atomic E-state index is 4.38. The van der Waals surface area contributed by atoms with E-state index in [1.807, 2.05) is 7.05 Å². The summed E-state index contributed by atoms with van der Waals surface area (Å²) in [7, 11) is 1.90. The average molecular weight is 419 g/mol. The first-order valence-electron chi connectivity index (χ1n) is 13.3. The number of unbranched alkanes of at least 4 members (excludes halogenated alkanes) is 11. The van der Waals surface area contributed by atoms with Gasteiger partial charge in [-0.1, -0.05) is 110 Å². The van der Waals surface area contributed by atoms with Gasteiger partial charge < -0.3 is 5.32 Å². The molecule has 0 saturated carbocycles. The molecule has 0 aromatic rings. The Morgan fingerprint density at radius 1 is 0.733 bits per heavy atom. The molecule has 0 aromatic heterocycles. The molecule has 0 atom stereocenters. The smallest absolute Gasteiger partial charge is 0.0386 e. The monoisotopic (exact) mass is 418 g/mol. The number of aliphatic imine (C=N–C) groups is 1. The first-order chi connectivity index (χ1) is 14.7. The molecule has 0 unspecified atom stereocenters. The minimum absolute atomic E-state index is 0.593. The van der Waals surface area contributed by atoms with Crippen molar-refractivity contribution in [1.29, 1.82) is 0 Å². The normalized spacial score (nSPS) is 13.0. The molecule has 176 valence electrons. The Labute approximate surface area is 190 Å². The summed E-state index contributed by atoms with van der Waals surface area (Å²) in [6, 6.07) is 0.593. The fraction of sp³-hybridized carbons (Fsp3) is 0.821. The van der Waals surface area contributed by atoms with Crippen molar-refractivity contribution in [2.24, 2.45) is 4.99 Å². The predicted octanol–water partition coefficient (Wildman–Crippen LogP) is 9.17. The first kappa shape index (κ1) is 28.9. The lowest BCUT2D eigenvalue weighted by Crippen LogP contribution is -2.29. The van der Waals surface area contributed by atoms with Crippen molar-refractivity contribution in [2.75, 3.05) is 7.05 Å². The lowest BCUT2D eigenvalue weighted by molar-refractivity contribution is 0.441. The van der Waals surface area contributed by atoms with Crippen LogP contribution in [-0.4, -0.2) is 19.3 Å². The van der Waals surface area contributed by atoms with Crippen LogP contribution >= 0.6 is 0 Å². The molecule has 2 heteroatoms. The molecule has 0 bridgehead atoms. The fourth-order valence-corrected chi connectivity index (χ4v) is 4.08. The maximum Gasteiger partial charge on any atom is 0.0386 e. The van der Waals surface area contributed by atoms with Crippen LogP contribution in [0.3, 0.4) is 0 Å². The van der Waals surface area contributed by atoms with Crippen molar-refractivity contribution in [3.05, 3.63) is 23.4 Å². The minimum atomic E-state index is 0.593. The van der Waals surface area contributed by atoms with Crippen LogP contribution < -0.4 is 5.32 Å². The molecule has 0 heterocycles. The SMILES string of the molecule is C/C=C\C(NC(CCCCCCC)CCCCCCC)=C(/C=NC)CCCCCC. The van der Waals surface area contributed by atoms with E-state index in [0.29, 0.717) is 6.04 Å². The fourth-order valence-electron chi connectivity index (χ4n) is 4.08. The van der Waals surface area contributed by atoms with E-state index in [1.165, 1.54) is 114 Å². The van der Waals surface area contributed by atoms with E-state index in [1.54, 1.807) is 0 Å². The molecule has 0 radical (unpaired) electrons. The van der Waals surface area contributed by atoms with Crippen LogP contribution in [0.1, 0.15) is 137 Å². The third-order valence-corrected chi connectivity index (χ3v) is 5.94. The highest BCUT2D eigenvalue weighted by molar-refractivity contribution is 5.80. The molecule has 0 aliphatic rings. The van der Waals surface area contributed by atoms with E-state index in [2.05, 4.69) is 56.4 Å². The Kier molecular flexibility index (Phi) is 21.8. The Balaban J connectivity index is 5.05. The van der Waals surface area contributed by atoms with Crippen LogP contribution in [-0.2, 0) is 0 Å². The molecule has 0 aliphatic carbocycles. The van der Waals surface area contributed by atoms with E-state index in [4.69, 9.17) is 0 Å². The summed E-state index contributed by atoms with van der Waals surface area (Å²) in [5, 5.41) is 3.96. The molecule has 1 N–H and O–H groups in total. The Hall–Kier alpha value is -1.05. The molecule has 30 heavy (non-hydrogen) atoms. The number of nitrogens with zero attached hydrogens (tertiary/aromatic N) is 1. The van der Waals surface area contributed by atoms with Crippen LogP contribution in [0, 0.1) is 0 Å². The Bertz CT molecular complexity index is 434. The van der Waals surface area contributed by atoms with Gasteiger partial charge in [0.2, 0.25) is 0 Å². The highest BCUT2D eigenvalue weighted by Crippen LogP contribution is 2.18. The molecule has 0 spiro atoms. The van der Waals surface area contributed by atoms with Gasteiger partial charge in [0.25, 0.3) is 0 Å². The van der Waals surface area contributed by atoms with Gasteiger partial charge in [-0.25, -0.2) is 0 Å². The number of allylic oxidation sites excluding steroid dienone is 3. The van der Waals surface area contributed by atoms with Gasteiger partial charge in [0.15, 0.2) is 0 Å². The van der Waals surface area contributed by atoms with E-state index in [9.17, 15) is 0 Å². The van der Waals surface area contributed by atoms with Crippen molar-refractivity contribution in [3.63, 3.8) is 0 Å². The molecule has 0 aliphatic heterocycles. The van der Waals surface area contributed by atoms with Gasteiger partial charge in [0.1, 0.15) is 0 Å². The highest BCUT2D eigenvalue weighted by atomic mass is 14.9. The zero-order valence-corrected chi connectivity index (χ0v) is 21.3. The molecule has 0 amide bonds.